The maximum absolute atomic E-state index is 12.6. The Morgan fingerprint density at radius 1 is 1.25 bits per heavy atom. The molecule has 0 bridgehead atoms. The smallest absolute Gasteiger partial charge is 0.233 e. The van der Waals surface area contributed by atoms with Crippen molar-refractivity contribution >= 4 is 17.7 Å². The van der Waals surface area contributed by atoms with Crippen LogP contribution in [0.3, 0.4) is 0 Å². The van der Waals surface area contributed by atoms with Crippen molar-refractivity contribution in [2.45, 2.75) is 25.1 Å². The molecule has 4 rings (SSSR count). The number of aromatic nitrogens is 3. The third-order valence-corrected chi connectivity index (χ3v) is 5.58. The van der Waals surface area contributed by atoms with Gasteiger partial charge in [-0.15, -0.1) is 10.2 Å². The number of carbonyl (C=O) groups is 1. The van der Waals surface area contributed by atoms with Gasteiger partial charge >= 0.3 is 0 Å². The van der Waals surface area contributed by atoms with Crippen molar-refractivity contribution in [2.75, 3.05) is 25.4 Å². The molecule has 1 aromatic carbocycles. The van der Waals surface area contributed by atoms with Crippen LogP contribution in [0.1, 0.15) is 12.7 Å². The van der Waals surface area contributed by atoms with E-state index in [2.05, 4.69) is 10.2 Å². The molecule has 2 aromatic heterocycles. The topological polar surface area (TPSA) is 73.4 Å². The Morgan fingerprint density at radius 3 is 2.79 bits per heavy atom. The first-order valence-electron chi connectivity index (χ1n) is 9.21. The van der Waals surface area contributed by atoms with Crippen molar-refractivity contribution in [1.29, 1.82) is 0 Å². The molecule has 1 aliphatic rings. The Labute approximate surface area is 167 Å². The van der Waals surface area contributed by atoms with E-state index < -0.39 is 0 Å². The minimum atomic E-state index is 0.0753. The highest BCUT2D eigenvalue weighted by atomic mass is 32.2. The zero-order chi connectivity index (χ0) is 19.5. The van der Waals surface area contributed by atoms with Crippen LogP contribution in [-0.2, 0) is 9.53 Å². The molecule has 1 saturated heterocycles. The molecule has 1 unspecified atom stereocenters. The van der Waals surface area contributed by atoms with Gasteiger partial charge < -0.3 is 14.1 Å². The predicted octanol–water partition coefficient (Wildman–Crippen LogP) is 3.18. The second-order valence-electron chi connectivity index (χ2n) is 6.68. The molecular weight excluding hydrogens is 376 g/mol. The van der Waals surface area contributed by atoms with Crippen molar-refractivity contribution < 1.29 is 13.9 Å². The van der Waals surface area contributed by atoms with Crippen molar-refractivity contribution in [3.63, 3.8) is 0 Å². The van der Waals surface area contributed by atoms with Gasteiger partial charge in [-0.05, 0) is 32.0 Å². The minimum Gasteiger partial charge on any atom is -0.469 e. The van der Waals surface area contributed by atoms with Gasteiger partial charge in [0.2, 0.25) is 5.91 Å². The van der Waals surface area contributed by atoms with E-state index in [0.717, 1.165) is 17.0 Å². The third-order valence-electron chi connectivity index (χ3n) is 4.67. The fraction of sp³-hybridized carbons (Fsp3) is 0.350. The van der Waals surface area contributed by atoms with Crippen LogP contribution >= 0.6 is 11.8 Å². The van der Waals surface area contributed by atoms with Crippen molar-refractivity contribution in [3.8, 4) is 17.1 Å². The first kappa shape index (κ1) is 18.8. The number of morpholine rings is 1. The summed E-state index contributed by atoms with van der Waals surface area (Å²) >= 11 is 1.40. The summed E-state index contributed by atoms with van der Waals surface area (Å²) in [6, 6.07) is 11.8. The van der Waals surface area contributed by atoms with E-state index in [1.54, 1.807) is 6.26 Å². The minimum absolute atomic E-state index is 0.0753. The summed E-state index contributed by atoms with van der Waals surface area (Å²) in [5.74, 6) is 1.87. The van der Waals surface area contributed by atoms with Crippen molar-refractivity contribution in [3.05, 3.63) is 48.4 Å². The normalized spacial score (nSPS) is 17.1. The SMILES string of the molecule is Cc1occc1-c1nnc(SCC(=O)N2CCOC(C)C2)n1-c1ccccc1. The van der Waals surface area contributed by atoms with Crippen LogP contribution < -0.4 is 0 Å². The summed E-state index contributed by atoms with van der Waals surface area (Å²) in [5, 5.41) is 9.42. The zero-order valence-corrected chi connectivity index (χ0v) is 16.7. The quantitative estimate of drug-likeness (QED) is 0.615. The van der Waals surface area contributed by atoms with Gasteiger partial charge in [0.25, 0.3) is 0 Å². The molecule has 28 heavy (non-hydrogen) atoms. The van der Waals surface area contributed by atoms with E-state index in [0.29, 0.717) is 36.4 Å². The molecule has 0 radical (unpaired) electrons. The van der Waals surface area contributed by atoms with Crippen LogP contribution in [0.2, 0.25) is 0 Å². The van der Waals surface area contributed by atoms with Crippen LogP contribution in [0, 0.1) is 6.92 Å². The van der Waals surface area contributed by atoms with Crippen molar-refractivity contribution in [2.24, 2.45) is 0 Å². The molecule has 1 amide bonds. The van der Waals surface area contributed by atoms with E-state index in [-0.39, 0.29) is 12.0 Å². The molecule has 0 saturated carbocycles. The maximum Gasteiger partial charge on any atom is 0.233 e. The molecule has 3 heterocycles. The largest absolute Gasteiger partial charge is 0.469 e. The van der Waals surface area contributed by atoms with E-state index >= 15 is 0 Å². The number of benzene rings is 1. The van der Waals surface area contributed by atoms with Crippen molar-refractivity contribution in [1.82, 2.24) is 19.7 Å². The summed E-state index contributed by atoms with van der Waals surface area (Å²) in [5.41, 5.74) is 1.83. The number of amides is 1. The zero-order valence-electron chi connectivity index (χ0n) is 15.9. The maximum atomic E-state index is 12.6. The second-order valence-corrected chi connectivity index (χ2v) is 7.62. The average molecular weight is 398 g/mol. The molecule has 3 aromatic rings. The standard InChI is InChI=1S/C20H22N4O3S/c1-14-12-23(9-11-26-14)18(25)13-28-20-22-21-19(17-8-10-27-15(17)2)24(20)16-6-4-3-5-7-16/h3-8,10,14H,9,11-13H2,1-2H3. The number of furan rings is 1. The van der Waals surface area contributed by atoms with Gasteiger partial charge in [0, 0.05) is 18.8 Å². The van der Waals surface area contributed by atoms with E-state index in [9.17, 15) is 4.79 Å². The van der Waals surface area contributed by atoms with Gasteiger partial charge in [-0.3, -0.25) is 9.36 Å². The molecule has 7 nitrogen and oxygen atoms in total. The Balaban J connectivity index is 1.60. The van der Waals surface area contributed by atoms with Crippen LogP contribution in [0.25, 0.3) is 17.1 Å². The molecule has 1 fully saturated rings. The Kier molecular flexibility index (Phi) is 5.50. The van der Waals surface area contributed by atoms with Gasteiger partial charge in [0.05, 0.1) is 30.3 Å². The van der Waals surface area contributed by atoms with Gasteiger partial charge in [-0.1, -0.05) is 30.0 Å². The van der Waals surface area contributed by atoms with Gasteiger partial charge in [0.15, 0.2) is 11.0 Å². The lowest BCUT2D eigenvalue weighted by Crippen LogP contribution is -2.45. The van der Waals surface area contributed by atoms with Gasteiger partial charge in [-0.25, -0.2) is 0 Å². The number of para-hydroxylation sites is 1. The monoisotopic (exact) mass is 398 g/mol. The van der Waals surface area contributed by atoms with Crippen LogP contribution in [0.15, 0.2) is 52.2 Å². The summed E-state index contributed by atoms with van der Waals surface area (Å²) < 4.78 is 12.9. The molecular formula is C20H22N4O3S. The number of hydrogen-bond donors (Lipinski definition) is 0. The highest BCUT2D eigenvalue weighted by Crippen LogP contribution is 2.30. The number of carbonyl (C=O) groups excluding carboxylic acids is 1. The van der Waals surface area contributed by atoms with Gasteiger partial charge in [0.1, 0.15) is 5.76 Å². The highest BCUT2D eigenvalue weighted by molar-refractivity contribution is 7.99. The highest BCUT2D eigenvalue weighted by Gasteiger charge is 2.23. The average Bonchev–Trinajstić information content (AvgIpc) is 3.32. The van der Waals surface area contributed by atoms with Gasteiger partial charge in [-0.2, -0.15) is 0 Å². The lowest BCUT2D eigenvalue weighted by Gasteiger charge is -2.31. The Bertz CT molecular complexity index is 954. The molecule has 0 spiro atoms. The number of ether oxygens (including phenoxy) is 1. The molecule has 1 atom stereocenters. The van der Waals surface area contributed by atoms with E-state index in [1.165, 1.54) is 11.8 Å². The lowest BCUT2D eigenvalue weighted by molar-refractivity contribution is -0.135. The predicted molar refractivity (Wildman–Crippen MR) is 107 cm³/mol. The molecule has 0 N–H and O–H groups in total. The fourth-order valence-electron chi connectivity index (χ4n) is 3.23. The molecule has 0 aliphatic carbocycles. The first-order valence-corrected chi connectivity index (χ1v) is 10.2. The number of thioether (sulfide) groups is 1. The summed E-state index contributed by atoms with van der Waals surface area (Å²) in [6.07, 6.45) is 1.72. The fourth-order valence-corrected chi connectivity index (χ4v) is 4.08. The summed E-state index contributed by atoms with van der Waals surface area (Å²) in [6.45, 7) is 5.73. The summed E-state index contributed by atoms with van der Waals surface area (Å²) in [7, 11) is 0. The van der Waals surface area contributed by atoms with Crippen LogP contribution in [-0.4, -0.2) is 57.1 Å². The van der Waals surface area contributed by atoms with Crippen LogP contribution in [0.4, 0.5) is 0 Å². The number of nitrogens with zero attached hydrogens (tertiary/aromatic N) is 4. The van der Waals surface area contributed by atoms with Crippen LogP contribution in [0.5, 0.6) is 0 Å². The Hall–Kier alpha value is -2.58. The van der Waals surface area contributed by atoms with E-state index in [1.807, 2.05) is 59.7 Å². The molecule has 146 valence electrons. The molecule has 8 heteroatoms. The number of aryl methyl sites for hydroxylation is 1. The lowest BCUT2D eigenvalue weighted by atomic mass is 10.2. The second kappa shape index (κ2) is 8.20. The number of rotatable bonds is 5. The number of hydrogen-bond acceptors (Lipinski definition) is 6. The molecule has 1 aliphatic heterocycles. The van der Waals surface area contributed by atoms with E-state index in [4.69, 9.17) is 9.15 Å². The Morgan fingerprint density at radius 2 is 2.07 bits per heavy atom. The third kappa shape index (κ3) is 3.83. The first-order chi connectivity index (χ1) is 13.6. The summed E-state index contributed by atoms with van der Waals surface area (Å²) in [4.78, 5) is 14.5.